The standard InChI is InChI=1S/C35H26O/c1-22(2)23-11-13-24(14-12-23)25-15-17-27(18-16-25)31-21-28-8-4-6-10-30(28)34-33-29-9-5-3-7-26(29)19-20-32(33)36-35(31)34/h3-22H,1-2H3. The van der Waals surface area contributed by atoms with Crippen LogP contribution in [0, 0.1) is 0 Å². The molecule has 0 aliphatic carbocycles. The van der Waals surface area contributed by atoms with Crippen molar-refractivity contribution in [2.24, 2.45) is 0 Å². The predicted molar refractivity (Wildman–Crippen MR) is 154 cm³/mol. The Labute approximate surface area is 210 Å². The minimum Gasteiger partial charge on any atom is -0.455 e. The monoisotopic (exact) mass is 462 g/mol. The smallest absolute Gasteiger partial charge is 0.143 e. The van der Waals surface area contributed by atoms with E-state index >= 15 is 0 Å². The summed E-state index contributed by atoms with van der Waals surface area (Å²) in [6, 6.07) is 41.6. The van der Waals surface area contributed by atoms with Crippen LogP contribution in [0.25, 0.3) is 65.7 Å². The van der Waals surface area contributed by atoms with Crippen LogP contribution in [0.4, 0.5) is 0 Å². The third kappa shape index (κ3) is 3.24. The molecule has 0 atom stereocenters. The van der Waals surface area contributed by atoms with Gasteiger partial charge in [0.1, 0.15) is 11.2 Å². The Bertz CT molecular complexity index is 1880. The Morgan fingerprint density at radius 1 is 0.528 bits per heavy atom. The average Bonchev–Trinajstić information content (AvgIpc) is 3.33. The molecule has 1 aromatic heterocycles. The van der Waals surface area contributed by atoms with Crippen LogP contribution in [-0.4, -0.2) is 0 Å². The summed E-state index contributed by atoms with van der Waals surface area (Å²) >= 11 is 0. The molecule has 0 N–H and O–H groups in total. The number of benzene rings is 6. The van der Waals surface area contributed by atoms with Gasteiger partial charge in [-0.1, -0.05) is 117 Å². The van der Waals surface area contributed by atoms with Crippen molar-refractivity contribution in [1.29, 1.82) is 0 Å². The van der Waals surface area contributed by atoms with E-state index in [1.807, 2.05) is 0 Å². The minimum absolute atomic E-state index is 0.540. The maximum Gasteiger partial charge on any atom is 0.143 e. The Kier molecular flexibility index (Phi) is 4.72. The second-order valence-corrected chi connectivity index (χ2v) is 9.97. The molecule has 7 rings (SSSR count). The van der Waals surface area contributed by atoms with Crippen LogP contribution in [0.2, 0.25) is 0 Å². The van der Waals surface area contributed by atoms with Crippen LogP contribution in [0.5, 0.6) is 0 Å². The summed E-state index contributed by atoms with van der Waals surface area (Å²) in [4.78, 5) is 0. The van der Waals surface area contributed by atoms with Crippen molar-refractivity contribution >= 4 is 43.5 Å². The van der Waals surface area contributed by atoms with Crippen molar-refractivity contribution in [3.63, 3.8) is 0 Å². The van der Waals surface area contributed by atoms with E-state index in [-0.39, 0.29) is 0 Å². The highest BCUT2D eigenvalue weighted by Crippen LogP contribution is 2.43. The SMILES string of the molecule is CC(C)c1ccc(-c2ccc(-c3cc4ccccc4c4c3oc3ccc5ccccc5c34)cc2)cc1. The third-order valence-corrected chi connectivity index (χ3v) is 7.46. The van der Waals surface area contributed by atoms with Gasteiger partial charge in [0.05, 0.1) is 0 Å². The normalized spacial score (nSPS) is 11.9. The van der Waals surface area contributed by atoms with E-state index in [0.29, 0.717) is 5.92 Å². The maximum absolute atomic E-state index is 6.60. The van der Waals surface area contributed by atoms with Crippen LogP contribution >= 0.6 is 0 Å². The van der Waals surface area contributed by atoms with Crippen LogP contribution in [0.1, 0.15) is 25.3 Å². The van der Waals surface area contributed by atoms with Crippen LogP contribution in [-0.2, 0) is 0 Å². The first-order valence-corrected chi connectivity index (χ1v) is 12.6. The molecule has 7 aromatic rings. The summed E-state index contributed by atoms with van der Waals surface area (Å²) < 4.78 is 6.60. The molecule has 0 amide bonds. The fraction of sp³-hybridized carbons (Fsp3) is 0.0857. The van der Waals surface area contributed by atoms with Gasteiger partial charge in [-0.25, -0.2) is 0 Å². The quantitative estimate of drug-likeness (QED) is 0.254. The van der Waals surface area contributed by atoms with E-state index < -0.39 is 0 Å². The summed E-state index contributed by atoms with van der Waals surface area (Å²) in [5, 5.41) is 7.31. The zero-order valence-corrected chi connectivity index (χ0v) is 20.5. The van der Waals surface area contributed by atoms with Gasteiger partial charge in [0.2, 0.25) is 0 Å². The average molecular weight is 463 g/mol. The number of rotatable bonds is 3. The first-order valence-electron chi connectivity index (χ1n) is 12.6. The molecule has 0 saturated carbocycles. The molecular weight excluding hydrogens is 436 g/mol. The summed E-state index contributed by atoms with van der Waals surface area (Å²) in [6.45, 7) is 4.46. The van der Waals surface area contributed by atoms with Crippen molar-refractivity contribution in [3.05, 3.63) is 121 Å². The molecule has 1 heteroatoms. The number of fused-ring (bicyclic) bond motifs is 7. The minimum atomic E-state index is 0.540. The molecule has 172 valence electrons. The van der Waals surface area contributed by atoms with Crippen LogP contribution < -0.4 is 0 Å². The molecule has 0 aliphatic heterocycles. The molecule has 1 heterocycles. The number of hydrogen-bond acceptors (Lipinski definition) is 1. The van der Waals surface area contributed by atoms with Gasteiger partial charge in [0.25, 0.3) is 0 Å². The van der Waals surface area contributed by atoms with Crippen molar-refractivity contribution in [1.82, 2.24) is 0 Å². The molecule has 36 heavy (non-hydrogen) atoms. The van der Waals surface area contributed by atoms with Gasteiger partial charge in [-0.05, 0) is 61.8 Å². The fourth-order valence-corrected chi connectivity index (χ4v) is 5.50. The first kappa shape index (κ1) is 21.0. The largest absolute Gasteiger partial charge is 0.455 e. The predicted octanol–water partition coefficient (Wildman–Crippen LogP) is 10.3. The van der Waals surface area contributed by atoms with Crippen molar-refractivity contribution in [2.45, 2.75) is 19.8 Å². The molecule has 0 fully saturated rings. The second kappa shape index (κ2) is 8.10. The molecule has 0 aliphatic rings. The van der Waals surface area contributed by atoms with Crippen LogP contribution in [0.3, 0.4) is 0 Å². The lowest BCUT2D eigenvalue weighted by molar-refractivity contribution is 0.670. The van der Waals surface area contributed by atoms with Crippen molar-refractivity contribution in [3.8, 4) is 22.3 Å². The molecule has 0 bridgehead atoms. The van der Waals surface area contributed by atoms with Gasteiger partial charge in [-0.3, -0.25) is 0 Å². The topological polar surface area (TPSA) is 13.1 Å². The maximum atomic E-state index is 6.60. The number of furan rings is 1. The highest BCUT2D eigenvalue weighted by atomic mass is 16.3. The summed E-state index contributed by atoms with van der Waals surface area (Å²) in [5.74, 6) is 0.540. The van der Waals surface area contributed by atoms with Gasteiger partial charge in [0.15, 0.2) is 0 Å². The lowest BCUT2D eigenvalue weighted by Crippen LogP contribution is -1.87. The lowest BCUT2D eigenvalue weighted by atomic mass is 9.93. The fourth-order valence-electron chi connectivity index (χ4n) is 5.50. The van der Waals surface area contributed by atoms with Gasteiger partial charge in [0, 0.05) is 16.3 Å². The molecule has 6 aromatic carbocycles. The third-order valence-electron chi connectivity index (χ3n) is 7.46. The van der Waals surface area contributed by atoms with Gasteiger partial charge in [-0.15, -0.1) is 0 Å². The molecule has 0 radical (unpaired) electrons. The summed E-state index contributed by atoms with van der Waals surface area (Å²) in [6.07, 6.45) is 0. The molecule has 0 spiro atoms. The van der Waals surface area contributed by atoms with E-state index in [4.69, 9.17) is 4.42 Å². The number of hydrogen-bond donors (Lipinski definition) is 0. The van der Waals surface area contributed by atoms with Gasteiger partial charge < -0.3 is 4.42 Å². The second-order valence-electron chi connectivity index (χ2n) is 9.97. The highest BCUT2D eigenvalue weighted by molar-refractivity contribution is 6.28. The van der Waals surface area contributed by atoms with E-state index in [1.54, 1.807) is 0 Å². The molecule has 1 nitrogen and oxygen atoms in total. The first-order chi connectivity index (χ1) is 17.7. The van der Waals surface area contributed by atoms with E-state index in [9.17, 15) is 0 Å². The Hall–Kier alpha value is -4.36. The molecule has 0 unspecified atom stereocenters. The van der Waals surface area contributed by atoms with Gasteiger partial charge in [-0.2, -0.15) is 0 Å². The van der Waals surface area contributed by atoms with E-state index in [0.717, 1.165) is 22.3 Å². The Morgan fingerprint density at radius 3 is 1.81 bits per heavy atom. The van der Waals surface area contributed by atoms with Crippen molar-refractivity contribution < 1.29 is 4.42 Å². The van der Waals surface area contributed by atoms with E-state index in [2.05, 4.69) is 129 Å². The van der Waals surface area contributed by atoms with Crippen molar-refractivity contribution in [2.75, 3.05) is 0 Å². The zero-order valence-electron chi connectivity index (χ0n) is 20.5. The highest BCUT2D eigenvalue weighted by Gasteiger charge is 2.18. The zero-order chi connectivity index (χ0) is 24.2. The Morgan fingerprint density at radius 2 is 1.11 bits per heavy atom. The summed E-state index contributed by atoms with van der Waals surface area (Å²) in [5.41, 5.74) is 8.01. The summed E-state index contributed by atoms with van der Waals surface area (Å²) in [7, 11) is 0. The lowest BCUT2D eigenvalue weighted by Gasteiger charge is -2.10. The Balaban J connectivity index is 1.45. The van der Waals surface area contributed by atoms with Crippen LogP contribution in [0.15, 0.2) is 120 Å². The van der Waals surface area contributed by atoms with E-state index in [1.165, 1.54) is 49.0 Å². The van der Waals surface area contributed by atoms with Gasteiger partial charge >= 0.3 is 0 Å². The molecular formula is C35H26O. The molecule has 0 saturated heterocycles.